The monoisotopic (exact) mass is 348 g/mol. The first-order valence-corrected chi connectivity index (χ1v) is 9.94. The molecule has 4 rings (SSSR count). The maximum Gasteiger partial charge on any atom is 0.495 e. The summed E-state index contributed by atoms with van der Waals surface area (Å²) in [4.78, 5) is 0. The number of hydrogen-bond acceptors (Lipinski definition) is 2. The van der Waals surface area contributed by atoms with Gasteiger partial charge < -0.3 is 9.31 Å². The van der Waals surface area contributed by atoms with Crippen molar-refractivity contribution in [1.29, 1.82) is 0 Å². The van der Waals surface area contributed by atoms with Crippen molar-refractivity contribution in [3.63, 3.8) is 0 Å². The van der Waals surface area contributed by atoms with Crippen molar-refractivity contribution in [2.24, 2.45) is 0 Å². The topological polar surface area (TPSA) is 18.5 Å². The number of fused-ring (bicyclic) bond motifs is 1. The Labute approximate surface area is 158 Å². The summed E-state index contributed by atoms with van der Waals surface area (Å²) >= 11 is 0. The maximum atomic E-state index is 6.41. The van der Waals surface area contributed by atoms with Crippen LogP contribution in [0, 0.1) is 0 Å². The lowest BCUT2D eigenvalue weighted by Gasteiger charge is -2.32. The summed E-state index contributed by atoms with van der Waals surface area (Å²) in [6.07, 6.45) is 6.23. The van der Waals surface area contributed by atoms with E-state index >= 15 is 0 Å². The zero-order valence-electron chi connectivity index (χ0n) is 16.5. The summed E-state index contributed by atoms with van der Waals surface area (Å²) in [5.41, 5.74) is 6.01. The van der Waals surface area contributed by atoms with E-state index in [1.807, 2.05) is 0 Å². The van der Waals surface area contributed by atoms with Crippen LogP contribution in [0.3, 0.4) is 0 Å². The third-order valence-corrected chi connectivity index (χ3v) is 6.36. The molecule has 2 aromatic rings. The molecule has 1 fully saturated rings. The van der Waals surface area contributed by atoms with Gasteiger partial charge in [0.25, 0.3) is 0 Å². The van der Waals surface area contributed by atoms with Gasteiger partial charge in [0.15, 0.2) is 0 Å². The van der Waals surface area contributed by atoms with Crippen LogP contribution in [0.4, 0.5) is 0 Å². The summed E-state index contributed by atoms with van der Waals surface area (Å²) in [6.45, 7) is 8.49. The molecule has 0 amide bonds. The molecule has 0 saturated carbocycles. The second-order valence-corrected chi connectivity index (χ2v) is 8.72. The molecule has 1 saturated heterocycles. The second kappa shape index (κ2) is 6.54. The van der Waals surface area contributed by atoms with E-state index in [4.69, 9.17) is 9.31 Å². The number of rotatable bonds is 2. The van der Waals surface area contributed by atoms with Crippen molar-refractivity contribution in [1.82, 2.24) is 0 Å². The first kappa shape index (κ1) is 17.8. The summed E-state index contributed by atoms with van der Waals surface area (Å²) in [5, 5.41) is 0. The molecule has 2 aromatic carbocycles. The van der Waals surface area contributed by atoms with Gasteiger partial charge in [0.2, 0.25) is 0 Å². The van der Waals surface area contributed by atoms with Gasteiger partial charge in [-0.15, -0.1) is 0 Å². The van der Waals surface area contributed by atoms with Crippen molar-refractivity contribution < 1.29 is 9.31 Å². The Kier molecular flexibility index (Phi) is 4.49. The van der Waals surface area contributed by atoms with E-state index < -0.39 is 0 Å². The number of aryl methyl sites for hydroxylation is 2. The third kappa shape index (κ3) is 3.12. The molecule has 0 bridgehead atoms. The Balaban J connectivity index is 1.84. The van der Waals surface area contributed by atoms with Gasteiger partial charge in [-0.2, -0.15) is 0 Å². The van der Waals surface area contributed by atoms with Crippen LogP contribution in [0.25, 0.3) is 11.1 Å². The molecule has 2 aliphatic rings. The Morgan fingerprint density at radius 1 is 0.769 bits per heavy atom. The van der Waals surface area contributed by atoms with Gasteiger partial charge in [0, 0.05) is 0 Å². The van der Waals surface area contributed by atoms with Gasteiger partial charge in [-0.25, -0.2) is 0 Å². The minimum absolute atomic E-state index is 0.316. The molecule has 136 valence electrons. The van der Waals surface area contributed by atoms with Crippen molar-refractivity contribution in [3.8, 4) is 11.1 Å². The van der Waals surface area contributed by atoms with Crippen LogP contribution >= 0.6 is 0 Å². The molecule has 1 heterocycles. The minimum atomic E-state index is -0.321. The SMILES string of the molecule is CC1(C)OB(c2cc3c(cc2-c2ccccc2)CCCCC3)OC1(C)C. The Hall–Kier alpha value is -1.58. The van der Waals surface area contributed by atoms with Gasteiger partial charge in [0.1, 0.15) is 0 Å². The van der Waals surface area contributed by atoms with Crippen molar-refractivity contribution in [3.05, 3.63) is 53.6 Å². The first-order chi connectivity index (χ1) is 12.4. The molecule has 0 atom stereocenters. The molecule has 3 heteroatoms. The largest absolute Gasteiger partial charge is 0.495 e. The normalized spacial score (nSPS) is 21.3. The van der Waals surface area contributed by atoms with Crippen LogP contribution in [0.5, 0.6) is 0 Å². The van der Waals surface area contributed by atoms with E-state index in [1.54, 1.807) is 0 Å². The Bertz CT molecular complexity index is 779. The fourth-order valence-electron chi connectivity index (χ4n) is 4.01. The van der Waals surface area contributed by atoms with Crippen molar-refractivity contribution in [2.75, 3.05) is 0 Å². The smallest absolute Gasteiger partial charge is 0.399 e. The lowest BCUT2D eigenvalue weighted by molar-refractivity contribution is 0.00578. The first-order valence-electron chi connectivity index (χ1n) is 9.94. The summed E-state index contributed by atoms with van der Waals surface area (Å²) in [5.74, 6) is 0. The fraction of sp³-hybridized carbons (Fsp3) is 0.478. The molecule has 1 aliphatic carbocycles. The van der Waals surface area contributed by atoms with Gasteiger partial charge in [-0.05, 0) is 81.1 Å². The zero-order chi connectivity index (χ0) is 18.4. The second-order valence-electron chi connectivity index (χ2n) is 8.72. The van der Waals surface area contributed by atoms with Crippen molar-refractivity contribution in [2.45, 2.75) is 71.0 Å². The Morgan fingerprint density at radius 3 is 1.96 bits per heavy atom. The molecule has 0 radical (unpaired) electrons. The highest BCUT2D eigenvalue weighted by Gasteiger charge is 2.52. The zero-order valence-corrected chi connectivity index (χ0v) is 16.5. The molecule has 26 heavy (non-hydrogen) atoms. The summed E-state index contributed by atoms with van der Waals surface area (Å²) in [6, 6.07) is 15.4. The lowest BCUT2D eigenvalue weighted by atomic mass is 9.72. The summed E-state index contributed by atoms with van der Waals surface area (Å²) in [7, 11) is -0.316. The molecule has 0 aromatic heterocycles. The predicted molar refractivity (Wildman–Crippen MR) is 109 cm³/mol. The standard InChI is InChI=1S/C23H29BO2/c1-22(2)23(3,4)26-24(25-22)21-16-19-14-10-6-9-13-18(19)15-20(21)17-11-7-5-8-12-17/h5,7-8,11-12,15-16H,6,9-10,13-14H2,1-4H3. The van der Waals surface area contributed by atoms with Crippen LogP contribution in [0.2, 0.25) is 0 Å². The van der Waals surface area contributed by atoms with E-state index in [9.17, 15) is 0 Å². The average molecular weight is 348 g/mol. The van der Waals surface area contributed by atoms with Gasteiger partial charge in [0.05, 0.1) is 11.2 Å². The molecular formula is C23H29BO2. The number of benzene rings is 2. The Morgan fingerprint density at radius 2 is 1.35 bits per heavy atom. The fourth-order valence-corrected chi connectivity index (χ4v) is 4.01. The van der Waals surface area contributed by atoms with E-state index in [2.05, 4.69) is 70.2 Å². The predicted octanol–water partition coefficient (Wildman–Crippen LogP) is 4.92. The molecule has 0 spiro atoms. The van der Waals surface area contributed by atoms with Crippen LogP contribution < -0.4 is 5.46 Å². The number of hydrogen-bond donors (Lipinski definition) is 0. The molecule has 2 nitrogen and oxygen atoms in total. The van der Waals surface area contributed by atoms with Gasteiger partial charge >= 0.3 is 7.12 Å². The molecule has 0 N–H and O–H groups in total. The average Bonchev–Trinajstić information content (AvgIpc) is 2.77. The van der Waals surface area contributed by atoms with E-state index in [0.717, 1.165) is 6.42 Å². The highest BCUT2D eigenvalue weighted by molar-refractivity contribution is 6.64. The third-order valence-electron chi connectivity index (χ3n) is 6.36. The summed E-state index contributed by atoms with van der Waals surface area (Å²) < 4.78 is 12.8. The molecule has 1 aliphatic heterocycles. The maximum absolute atomic E-state index is 6.41. The minimum Gasteiger partial charge on any atom is -0.399 e. The van der Waals surface area contributed by atoms with Crippen LogP contribution in [0.1, 0.15) is 58.1 Å². The highest BCUT2D eigenvalue weighted by Crippen LogP contribution is 2.38. The molecule has 0 unspecified atom stereocenters. The van der Waals surface area contributed by atoms with Crippen LogP contribution in [-0.4, -0.2) is 18.3 Å². The quantitative estimate of drug-likeness (QED) is 0.566. The molecular weight excluding hydrogens is 319 g/mol. The van der Waals surface area contributed by atoms with E-state index in [0.29, 0.717) is 0 Å². The van der Waals surface area contributed by atoms with Crippen LogP contribution in [0.15, 0.2) is 42.5 Å². The lowest BCUT2D eigenvalue weighted by Crippen LogP contribution is -2.41. The van der Waals surface area contributed by atoms with E-state index in [1.165, 1.54) is 53.4 Å². The van der Waals surface area contributed by atoms with E-state index in [-0.39, 0.29) is 18.3 Å². The van der Waals surface area contributed by atoms with Gasteiger partial charge in [-0.3, -0.25) is 0 Å². The van der Waals surface area contributed by atoms with Gasteiger partial charge in [-0.1, -0.05) is 48.9 Å². The van der Waals surface area contributed by atoms with Crippen molar-refractivity contribution >= 4 is 12.6 Å². The van der Waals surface area contributed by atoms with Crippen LogP contribution in [-0.2, 0) is 22.2 Å². The highest BCUT2D eigenvalue weighted by atomic mass is 16.7.